The highest BCUT2D eigenvalue weighted by Crippen LogP contribution is 2.13. The molecule has 1 atom stereocenters. The van der Waals surface area contributed by atoms with Crippen molar-refractivity contribution in [2.45, 2.75) is 71.4 Å². The van der Waals surface area contributed by atoms with Crippen molar-refractivity contribution < 1.29 is 0 Å². The average molecular weight is 247 g/mol. The fourth-order valence-corrected chi connectivity index (χ4v) is 2.34. The number of unbranched alkanes of at least 4 members (excludes halogenated alkanes) is 1. The molecule has 102 valence electrons. The lowest BCUT2D eigenvalue weighted by Gasteiger charge is -2.29. The maximum atomic E-state index is 3.76. The summed E-state index contributed by atoms with van der Waals surface area (Å²) in [6.07, 6.45) is 6.32. The molecule has 0 saturated heterocycles. The molecule has 1 unspecified atom stereocenters. The lowest BCUT2D eigenvalue weighted by Crippen LogP contribution is -2.43. The van der Waals surface area contributed by atoms with Gasteiger partial charge in [-0.3, -0.25) is 0 Å². The van der Waals surface area contributed by atoms with Gasteiger partial charge in [-0.05, 0) is 45.6 Å². The molecule has 0 fully saturated rings. The molecule has 1 N–H and O–H groups in total. The largest absolute Gasteiger partial charge is 0.309 e. The molecule has 0 saturated carbocycles. The van der Waals surface area contributed by atoms with E-state index in [0.29, 0.717) is 6.04 Å². The molecule has 0 aliphatic heterocycles. The summed E-state index contributed by atoms with van der Waals surface area (Å²) in [6.45, 7) is 9.04. The third-order valence-corrected chi connectivity index (χ3v) is 3.17. The minimum absolute atomic E-state index is 0.217. The molecule has 1 rings (SSSR count). The Hall–Kier alpha value is -0.820. The van der Waals surface area contributed by atoms with E-state index < -0.39 is 0 Å². The Morgan fingerprint density at radius 2 is 1.72 bits per heavy atom. The second-order valence-corrected chi connectivity index (χ2v) is 6.26. The maximum Gasteiger partial charge on any atom is 0.00991 e. The van der Waals surface area contributed by atoms with Crippen LogP contribution in [0, 0.1) is 0 Å². The molecule has 0 amide bonds. The summed E-state index contributed by atoms with van der Waals surface area (Å²) in [6, 6.07) is 11.5. The number of rotatable bonds is 7. The normalized spacial score (nSPS) is 13.6. The van der Waals surface area contributed by atoms with Crippen molar-refractivity contribution >= 4 is 0 Å². The van der Waals surface area contributed by atoms with Gasteiger partial charge in [-0.2, -0.15) is 0 Å². The van der Waals surface area contributed by atoms with Crippen molar-refractivity contribution in [1.82, 2.24) is 5.32 Å². The van der Waals surface area contributed by atoms with Crippen LogP contribution < -0.4 is 5.32 Å². The quantitative estimate of drug-likeness (QED) is 0.744. The summed E-state index contributed by atoms with van der Waals surface area (Å²) in [5, 5.41) is 3.76. The van der Waals surface area contributed by atoms with E-state index in [-0.39, 0.29) is 5.54 Å². The standard InChI is InChI=1S/C17H29N/c1-5-6-12-16(18-17(2,3)4)14-13-15-10-8-7-9-11-15/h7-11,16,18H,5-6,12-14H2,1-4H3. The number of hydrogen-bond donors (Lipinski definition) is 1. The first-order chi connectivity index (χ1) is 8.51. The molecule has 0 aliphatic rings. The average Bonchev–Trinajstić information content (AvgIpc) is 2.32. The Balaban J connectivity index is 2.45. The predicted octanol–water partition coefficient (Wildman–Crippen LogP) is 4.57. The van der Waals surface area contributed by atoms with Crippen LogP contribution in [0.1, 0.15) is 58.9 Å². The van der Waals surface area contributed by atoms with E-state index in [1.165, 1.54) is 37.7 Å². The van der Waals surface area contributed by atoms with Crippen LogP contribution in [0.4, 0.5) is 0 Å². The second-order valence-electron chi connectivity index (χ2n) is 6.26. The van der Waals surface area contributed by atoms with Crippen molar-refractivity contribution in [1.29, 1.82) is 0 Å². The molecule has 1 aromatic rings. The van der Waals surface area contributed by atoms with Crippen LogP contribution in [0.3, 0.4) is 0 Å². The SMILES string of the molecule is CCCCC(CCc1ccccc1)NC(C)(C)C. The summed E-state index contributed by atoms with van der Waals surface area (Å²) in [7, 11) is 0. The molecule has 0 aliphatic carbocycles. The third kappa shape index (κ3) is 6.80. The molecule has 18 heavy (non-hydrogen) atoms. The Kier molecular flexibility index (Phi) is 6.42. The van der Waals surface area contributed by atoms with Gasteiger partial charge in [0.05, 0.1) is 0 Å². The van der Waals surface area contributed by atoms with Gasteiger partial charge in [0, 0.05) is 11.6 Å². The van der Waals surface area contributed by atoms with Crippen LogP contribution >= 0.6 is 0 Å². The van der Waals surface area contributed by atoms with Crippen LogP contribution in [0.2, 0.25) is 0 Å². The summed E-state index contributed by atoms with van der Waals surface area (Å²) in [5.41, 5.74) is 1.67. The number of hydrogen-bond acceptors (Lipinski definition) is 1. The van der Waals surface area contributed by atoms with Gasteiger partial charge in [0.15, 0.2) is 0 Å². The molecule has 0 spiro atoms. The fourth-order valence-electron chi connectivity index (χ4n) is 2.34. The van der Waals surface area contributed by atoms with E-state index in [1.54, 1.807) is 0 Å². The Morgan fingerprint density at radius 3 is 2.28 bits per heavy atom. The molecule has 1 heteroatoms. The van der Waals surface area contributed by atoms with Crippen LogP contribution in [-0.4, -0.2) is 11.6 Å². The minimum Gasteiger partial charge on any atom is -0.309 e. The smallest absolute Gasteiger partial charge is 0.00991 e. The first-order valence-corrected chi connectivity index (χ1v) is 7.33. The minimum atomic E-state index is 0.217. The Bertz CT molecular complexity index is 310. The maximum absolute atomic E-state index is 3.76. The van der Waals surface area contributed by atoms with Crippen molar-refractivity contribution in [3.05, 3.63) is 35.9 Å². The lowest BCUT2D eigenvalue weighted by atomic mass is 9.98. The number of aryl methyl sites for hydroxylation is 1. The van der Waals surface area contributed by atoms with Crippen molar-refractivity contribution in [3.8, 4) is 0 Å². The summed E-state index contributed by atoms with van der Waals surface area (Å²) < 4.78 is 0. The Labute approximate surface area is 113 Å². The molecule has 0 radical (unpaired) electrons. The van der Waals surface area contributed by atoms with Gasteiger partial charge >= 0.3 is 0 Å². The van der Waals surface area contributed by atoms with E-state index in [9.17, 15) is 0 Å². The van der Waals surface area contributed by atoms with Crippen LogP contribution in [0.25, 0.3) is 0 Å². The van der Waals surface area contributed by atoms with Gasteiger partial charge in [-0.1, -0.05) is 50.1 Å². The van der Waals surface area contributed by atoms with Gasteiger partial charge < -0.3 is 5.32 Å². The number of nitrogens with one attached hydrogen (secondary N) is 1. The van der Waals surface area contributed by atoms with E-state index in [1.807, 2.05) is 0 Å². The first kappa shape index (κ1) is 15.2. The second kappa shape index (κ2) is 7.58. The number of benzene rings is 1. The fraction of sp³-hybridized carbons (Fsp3) is 0.647. The van der Waals surface area contributed by atoms with Gasteiger partial charge in [0.2, 0.25) is 0 Å². The van der Waals surface area contributed by atoms with Gasteiger partial charge in [-0.15, -0.1) is 0 Å². The molecule has 1 nitrogen and oxygen atoms in total. The van der Waals surface area contributed by atoms with Crippen LogP contribution in [0.15, 0.2) is 30.3 Å². The highest BCUT2D eigenvalue weighted by Gasteiger charge is 2.16. The van der Waals surface area contributed by atoms with E-state index in [2.05, 4.69) is 63.3 Å². The molecular weight excluding hydrogens is 218 g/mol. The zero-order valence-electron chi connectivity index (χ0n) is 12.5. The van der Waals surface area contributed by atoms with Crippen molar-refractivity contribution in [2.75, 3.05) is 0 Å². The monoisotopic (exact) mass is 247 g/mol. The van der Waals surface area contributed by atoms with Crippen molar-refractivity contribution in [3.63, 3.8) is 0 Å². The predicted molar refractivity (Wildman–Crippen MR) is 81.0 cm³/mol. The molecule has 0 heterocycles. The lowest BCUT2D eigenvalue weighted by molar-refractivity contribution is 0.327. The zero-order valence-corrected chi connectivity index (χ0v) is 12.5. The van der Waals surface area contributed by atoms with Gasteiger partial charge in [0.1, 0.15) is 0 Å². The first-order valence-electron chi connectivity index (χ1n) is 7.33. The van der Waals surface area contributed by atoms with E-state index in [0.717, 1.165) is 0 Å². The van der Waals surface area contributed by atoms with Crippen LogP contribution in [-0.2, 0) is 6.42 Å². The summed E-state index contributed by atoms with van der Waals surface area (Å²) in [5.74, 6) is 0. The molecular formula is C17H29N. The van der Waals surface area contributed by atoms with Gasteiger partial charge in [0.25, 0.3) is 0 Å². The van der Waals surface area contributed by atoms with E-state index in [4.69, 9.17) is 0 Å². The highest BCUT2D eigenvalue weighted by atomic mass is 15.0. The highest BCUT2D eigenvalue weighted by molar-refractivity contribution is 5.14. The van der Waals surface area contributed by atoms with Crippen molar-refractivity contribution in [2.24, 2.45) is 0 Å². The molecule has 1 aromatic carbocycles. The summed E-state index contributed by atoms with van der Waals surface area (Å²) in [4.78, 5) is 0. The van der Waals surface area contributed by atoms with Crippen LogP contribution in [0.5, 0.6) is 0 Å². The third-order valence-electron chi connectivity index (χ3n) is 3.17. The molecule has 0 aromatic heterocycles. The topological polar surface area (TPSA) is 12.0 Å². The summed E-state index contributed by atoms with van der Waals surface area (Å²) >= 11 is 0. The van der Waals surface area contributed by atoms with Gasteiger partial charge in [-0.25, -0.2) is 0 Å². The van der Waals surface area contributed by atoms with E-state index >= 15 is 0 Å². The Morgan fingerprint density at radius 1 is 1.06 bits per heavy atom. The zero-order chi connectivity index (χ0) is 13.4. The molecule has 0 bridgehead atoms.